The number of alkyl halides is 7. The molecule has 0 aliphatic heterocycles. The molecule has 0 N–H and O–H groups in total. The molecule has 0 saturated carbocycles. The molecule has 5 nitrogen and oxygen atoms in total. The summed E-state index contributed by atoms with van der Waals surface area (Å²) < 4.78 is 124. The Labute approximate surface area is 261 Å². The van der Waals surface area contributed by atoms with Gasteiger partial charge < -0.3 is 0 Å². The fraction of sp³-hybridized carbons (Fsp3) is 0.133. The molecule has 0 amide bonds. The van der Waals surface area contributed by atoms with Crippen LogP contribution in [0.2, 0.25) is 10.2 Å². The molecular weight excluding hydrogens is 676 g/mol. The molecule has 0 spiro atoms. The molecule has 16 heteroatoms. The number of nitrogens with zero attached hydrogens (tertiary/aromatic N) is 3. The highest BCUT2D eigenvalue weighted by Gasteiger charge is 2.38. The topological polar surface area (TPSA) is 75.8 Å². The van der Waals surface area contributed by atoms with Gasteiger partial charge in [0.1, 0.15) is 23.9 Å². The number of rotatable bonds is 4. The number of nitriles is 1. The Kier molecular flexibility index (Phi) is 8.29. The van der Waals surface area contributed by atoms with Crippen molar-refractivity contribution in [2.24, 2.45) is 0 Å². The van der Waals surface area contributed by atoms with E-state index in [1.54, 1.807) is 6.07 Å². The number of carbonyl (C=O) groups is 2. The number of carbonyl (C=O) groups excluding carboxylic acids is 2. The first-order valence-electron chi connectivity index (χ1n) is 12.6. The number of benzene rings is 3. The SMILES string of the molecule is N#Cc1c(C(=O)c2cc(F)ccc2Cl)c(-c2cc(F)cc(C(F)(F)F)c2)cc2c1c(Cl)nn2C(=O)C1=CC(C(F)(F)F)=CC(F)C1. The zero-order valence-corrected chi connectivity index (χ0v) is 23.8. The van der Waals surface area contributed by atoms with Gasteiger partial charge in [0.15, 0.2) is 10.9 Å². The van der Waals surface area contributed by atoms with E-state index in [0.717, 1.165) is 18.2 Å². The molecule has 3 aromatic carbocycles. The van der Waals surface area contributed by atoms with Crippen molar-refractivity contribution in [3.63, 3.8) is 0 Å². The predicted molar refractivity (Wildman–Crippen MR) is 147 cm³/mol. The number of aromatic nitrogens is 2. The maximum absolute atomic E-state index is 14.6. The van der Waals surface area contributed by atoms with Crippen LogP contribution in [0.25, 0.3) is 22.0 Å². The summed E-state index contributed by atoms with van der Waals surface area (Å²) in [7, 11) is 0. The number of hydrogen-bond acceptors (Lipinski definition) is 4. The summed E-state index contributed by atoms with van der Waals surface area (Å²) in [6.07, 6.45) is -12.6. The van der Waals surface area contributed by atoms with Crippen LogP contribution in [0.3, 0.4) is 0 Å². The molecule has 46 heavy (non-hydrogen) atoms. The summed E-state index contributed by atoms with van der Waals surface area (Å²) in [4.78, 5) is 27.3. The quantitative estimate of drug-likeness (QED) is 0.158. The van der Waals surface area contributed by atoms with Crippen molar-refractivity contribution in [2.45, 2.75) is 24.9 Å². The van der Waals surface area contributed by atoms with Gasteiger partial charge in [-0.15, -0.1) is 0 Å². The predicted octanol–water partition coefficient (Wildman–Crippen LogP) is 9.21. The zero-order chi connectivity index (χ0) is 33.9. The number of allylic oxidation sites excluding steroid dienone is 4. The molecule has 236 valence electrons. The van der Waals surface area contributed by atoms with Gasteiger partial charge in [-0.25, -0.2) is 13.2 Å². The van der Waals surface area contributed by atoms with Gasteiger partial charge in [0.05, 0.1) is 32.6 Å². The molecule has 0 saturated heterocycles. The average molecular weight is 688 g/mol. The number of ketones is 1. The fourth-order valence-electron chi connectivity index (χ4n) is 4.90. The van der Waals surface area contributed by atoms with Crippen molar-refractivity contribution in [2.75, 3.05) is 0 Å². The third-order valence-corrected chi connectivity index (χ3v) is 7.47. The van der Waals surface area contributed by atoms with E-state index in [-0.39, 0.29) is 17.2 Å². The van der Waals surface area contributed by atoms with Gasteiger partial charge >= 0.3 is 12.4 Å². The van der Waals surface area contributed by atoms with Crippen molar-refractivity contribution in [3.8, 4) is 17.2 Å². The lowest BCUT2D eigenvalue weighted by Gasteiger charge is -2.18. The van der Waals surface area contributed by atoms with E-state index in [9.17, 15) is 54.4 Å². The lowest BCUT2D eigenvalue weighted by atomic mass is 9.87. The standard InChI is InChI=1S/C30H12Cl2F9N3O2/c31-22-2-1-16(33)9-20(22)26(45)24-19(12-3-14(29(36,37)38)7-17(34)5-12)10-23-25(21(24)11-42)27(32)43-44(23)28(46)13-4-15(30(39,40)41)8-18(35)6-13/h1-5,7-10,18H,6H2. The highest BCUT2D eigenvalue weighted by atomic mass is 35.5. The molecule has 1 unspecified atom stereocenters. The van der Waals surface area contributed by atoms with E-state index in [0.29, 0.717) is 29.0 Å². The highest BCUT2D eigenvalue weighted by molar-refractivity contribution is 6.37. The minimum Gasteiger partial charge on any atom is -0.288 e. The Morgan fingerprint density at radius 2 is 1.65 bits per heavy atom. The van der Waals surface area contributed by atoms with E-state index < -0.39 is 109 Å². The second kappa shape index (κ2) is 11.6. The van der Waals surface area contributed by atoms with Crippen molar-refractivity contribution in [1.82, 2.24) is 9.78 Å². The van der Waals surface area contributed by atoms with Gasteiger partial charge in [-0.2, -0.15) is 41.4 Å². The third kappa shape index (κ3) is 6.00. The van der Waals surface area contributed by atoms with Crippen LogP contribution in [0, 0.1) is 23.0 Å². The fourth-order valence-corrected chi connectivity index (χ4v) is 5.37. The molecule has 1 aromatic heterocycles. The van der Waals surface area contributed by atoms with Crippen LogP contribution in [0.5, 0.6) is 0 Å². The molecule has 0 fully saturated rings. The summed E-state index contributed by atoms with van der Waals surface area (Å²) in [5.41, 5.74) is -7.52. The molecule has 1 atom stereocenters. The molecule has 1 aliphatic carbocycles. The second-order valence-electron chi connectivity index (χ2n) is 9.88. The Morgan fingerprint density at radius 1 is 0.957 bits per heavy atom. The van der Waals surface area contributed by atoms with Gasteiger partial charge in [-0.1, -0.05) is 23.2 Å². The smallest absolute Gasteiger partial charge is 0.288 e. The summed E-state index contributed by atoms with van der Waals surface area (Å²) in [6.45, 7) is 0. The van der Waals surface area contributed by atoms with Gasteiger partial charge in [-0.05, 0) is 65.7 Å². The van der Waals surface area contributed by atoms with Gasteiger partial charge in [0.25, 0.3) is 5.91 Å². The summed E-state index contributed by atoms with van der Waals surface area (Å²) in [5, 5.41) is 12.5. The van der Waals surface area contributed by atoms with Crippen LogP contribution in [0.4, 0.5) is 39.5 Å². The maximum Gasteiger partial charge on any atom is 0.416 e. The number of hydrogen-bond donors (Lipinski definition) is 0. The number of halogens is 11. The van der Waals surface area contributed by atoms with Crippen molar-refractivity contribution in [1.29, 1.82) is 5.26 Å². The highest BCUT2D eigenvalue weighted by Crippen LogP contribution is 2.41. The normalized spacial score (nSPS) is 15.4. The Bertz CT molecular complexity index is 2070. The summed E-state index contributed by atoms with van der Waals surface area (Å²) in [6, 6.07) is 6.19. The van der Waals surface area contributed by atoms with Crippen LogP contribution in [0.1, 0.15) is 38.3 Å². The molecule has 0 bridgehead atoms. The lowest BCUT2D eigenvalue weighted by Crippen LogP contribution is -2.23. The maximum atomic E-state index is 14.6. The molecular formula is C30H12Cl2F9N3O2. The van der Waals surface area contributed by atoms with Crippen LogP contribution in [-0.2, 0) is 6.18 Å². The molecule has 5 rings (SSSR count). The second-order valence-corrected chi connectivity index (χ2v) is 10.6. The number of fused-ring (bicyclic) bond motifs is 1. The van der Waals surface area contributed by atoms with Crippen LogP contribution < -0.4 is 0 Å². The monoisotopic (exact) mass is 687 g/mol. The third-order valence-electron chi connectivity index (χ3n) is 6.88. The molecule has 4 aromatic rings. The van der Waals surface area contributed by atoms with E-state index in [1.165, 1.54) is 0 Å². The van der Waals surface area contributed by atoms with E-state index >= 15 is 0 Å². The Hall–Kier alpha value is -4.61. The zero-order valence-electron chi connectivity index (χ0n) is 22.3. The van der Waals surface area contributed by atoms with E-state index in [2.05, 4.69) is 5.10 Å². The summed E-state index contributed by atoms with van der Waals surface area (Å²) in [5.74, 6) is -4.97. The summed E-state index contributed by atoms with van der Waals surface area (Å²) >= 11 is 12.3. The van der Waals surface area contributed by atoms with E-state index in [1.807, 2.05) is 0 Å². The van der Waals surface area contributed by atoms with Gasteiger partial charge in [0, 0.05) is 23.1 Å². The lowest BCUT2D eigenvalue weighted by molar-refractivity contribution is -0.137. The van der Waals surface area contributed by atoms with Crippen molar-refractivity contribution >= 4 is 45.8 Å². The van der Waals surface area contributed by atoms with Crippen molar-refractivity contribution < 1.29 is 49.1 Å². The van der Waals surface area contributed by atoms with Crippen LogP contribution in [0.15, 0.2) is 65.8 Å². The Morgan fingerprint density at radius 3 is 2.28 bits per heavy atom. The first-order valence-corrected chi connectivity index (χ1v) is 13.4. The minimum atomic E-state index is -5.10. The molecule has 0 radical (unpaired) electrons. The van der Waals surface area contributed by atoms with Gasteiger partial charge in [-0.3, -0.25) is 9.59 Å². The van der Waals surface area contributed by atoms with E-state index in [4.69, 9.17) is 23.2 Å². The van der Waals surface area contributed by atoms with Gasteiger partial charge in [0.2, 0.25) is 0 Å². The Balaban J connectivity index is 1.86. The molecule has 1 heterocycles. The average Bonchev–Trinajstić information content (AvgIpc) is 3.30. The largest absolute Gasteiger partial charge is 0.416 e. The first kappa shape index (κ1) is 32.8. The first-order chi connectivity index (χ1) is 21.4. The minimum absolute atomic E-state index is 0.150. The molecule has 1 aliphatic rings. The van der Waals surface area contributed by atoms with Crippen molar-refractivity contribution in [3.05, 3.63) is 110 Å². The van der Waals surface area contributed by atoms with Crippen LogP contribution >= 0.6 is 23.2 Å². The van der Waals surface area contributed by atoms with Crippen LogP contribution in [-0.4, -0.2) is 33.8 Å².